The minimum absolute atomic E-state index is 0.0419. The largest absolute Gasteiger partial charge is 0.491 e. The first kappa shape index (κ1) is 19.7. The fourth-order valence-electron chi connectivity index (χ4n) is 4.85. The monoisotopic (exact) mass is 397 g/mol. The molecule has 2 aromatic rings. The fraction of sp³-hybridized carbons (Fsp3) is 0.320. The average molecular weight is 397 g/mol. The lowest BCUT2D eigenvalue weighted by molar-refractivity contribution is -0.121. The summed E-state index contributed by atoms with van der Waals surface area (Å²) in [6.07, 6.45) is 3.85. The van der Waals surface area contributed by atoms with Gasteiger partial charge < -0.3 is 9.64 Å². The van der Waals surface area contributed by atoms with Gasteiger partial charge in [-0.25, -0.2) is 0 Å². The zero-order valence-corrected chi connectivity index (χ0v) is 17.2. The Hall–Kier alpha value is -3.57. The quantitative estimate of drug-likeness (QED) is 0.754. The highest BCUT2D eigenvalue weighted by Gasteiger charge is 2.63. The molecule has 0 N–H and O–H groups in total. The van der Waals surface area contributed by atoms with Gasteiger partial charge in [0.1, 0.15) is 5.75 Å². The minimum Gasteiger partial charge on any atom is -0.491 e. The van der Waals surface area contributed by atoms with Gasteiger partial charge in [-0.05, 0) is 55.7 Å². The van der Waals surface area contributed by atoms with Crippen molar-refractivity contribution in [2.45, 2.75) is 44.9 Å². The molecule has 5 heteroatoms. The number of fused-ring (bicyclic) bond motifs is 3. The van der Waals surface area contributed by atoms with Crippen molar-refractivity contribution in [3.05, 3.63) is 71.4 Å². The Morgan fingerprint density at radius 2 is 1.77 bits per heavy atom. The molecule has 0 amide bonds. The lowest BCUT2D eigenvalue weighted by atomic mass is 9.68. The second-order valence-electron chi connectivity index (χ2n) is 8.16. The summed E-state index contributed by atoms with van der Waals surface area (Å²) < 4.78 is 5.73. The number of benzene rings is 2. The summed E-state index contributed by atoms with van der Waals surface area (Å²) in [5, 5.41) is 20.7. The number of nitriles is 2. The van der Waals surface area contributed by atoms with Crippen molar-refractivity contribution < 1.29 is 9.53 Å². The number of carbonyl (C=O) groups excluding carboxylic acids is 1. The molecular weight excluding hydrogens is 374 g/mol. The van der Waals surface area contributed by atoms with Gasteiger partial charge in [-0.3, -0.25) is 4.79 Å². The zero-order valence-electron chi connectivity index (χ0n) is 17.2. The van der Waals surface area contributed by atoms with Crippen LogP contribution in [0.15, 0.2) is 54.7 Å². The van der Waals surface area contributed by atoms with Crippen LogP contribution in [0.2, 0.25) is 0 Å². The van der Waals surface area contributed by atoms with Crippen molar-refractivity contribution in [1.29, 1.82) is 10.5 Å². The summed E-state index contributed by atoms with van der Waals surface area (Å²) in [5.41, 5.74) is 1.25. The molecule has 2 aliphatic heterocycles. The Kier molecular flexibility index (Phi) is 4.84. The van der Waals surface area contributed by atoms with E-state index in [0.717, 1.165) is 16.7 Å². The highest BCUT2D eigenvalue weighted by Crippen LogP contribution is 2.59. The molecule has 4 rings (SSSR count). The topological polar surface area (TPSA) is 77.1 Å². The molecule has 2 heterocycles. The molecule has 1 fully saturated rings. The molecule has 0 spiro atoms. The summed E-state index contributed by atoms with van der Waals surface area (Å²) in [7, 11) is 0. The molecule has 2 aromatic carbocycles. The first-order valence-electron chi connectivity index (χ1n) is 10.1. The van der Waals surface area contributed by atoms with E-state index in [4.69, 9.17) is 4.74 Å². The van der Waals surface area contributed by atoms with E-state index in [1.165, 1.54) is 6.92 Å². The smallest absolute Gasteiger partial charge is 0.177 e. The number of ether oxygens (including phenoxy) is 1. The van der Waals surface area contributed by atoms with Crippen LogP contribution in [0.4, 0.5) is 0 Å². The van der Waals surface area contributed by atoms with Crippen molar-refractivity contribution in [3.8, 4) is 17.9 Å². The SMILES string of the molecule is CC(=O)[C@H]1[C@H](c2ccc(OC(C)C)cc2)C(C#N)(C#N)[C@@H]2c3ccccc3C=CN21. The highest BCUT2D eigenvalue weighted by molar-refractivity contribution is 5.85. The molecule has 0 saturated carbocycles. The van der Waals surface area contributed by atoms with Gasteiger partial charge in [-0.2, -0.15) is 10.5 Å². The van der Waals surface area contributed by atoms with Crippen LogP contribution in [0, 0.1) is 28.1 Å². The van der Waals surface area contributed by atoms with E-state index < -0.39 is 23.4 Å². The summed E-state index contributed by atoms with van der Waals surface area (Å²) >= 11 is 0. The number of Topliss-reactive ketones (excluding diaryl/α,β-unsaturated/α-hetero) is 1. The third kappa shape index (κ3) is 2.86. The van der Waals surface area contributed by atoms with Crippen molar-refractivity contribution in [3.63, 3.8) is 0 Å². The van der Waals surface area contributed by atoms with E-state index in [1.54, 1.807) is 0 Å². The third-order valence-electron chi connectivity index (χ3n) is 5.97. The number of hydrogen-bond acceptors (Lipinski definition) is 5. The van der Waals surface area contributed by atoms with Crippen molar-refractivity contribution in [1.82, 2.24) is 4.90 Å². The van der Waals surface area contributed by atoms with Crippen LogP contribution in [0.3, 0.4) is 0 Å². The first-order chi connectivity index (χ1) is 14.4. The summed E-state index contributed by atoms with van der Waals surface area (Å²) in [4.78, 5) is 14.7. The fourth-order valence-corrected chi connectivity index (χ4v) is 4.85. The Labute approximate surface area is 176 Å². The predicted molar refractivity (Wildman–Crippen MR) is 113 cm³/mol. The van der Waals surface area contributed by atoms with Gasteiger partial charge >= 0.3 is 0 Å². The van der Waals surface area contributed by atoms with Crippen molar-refractivity contribution in [2.75, 3.05) is 0 Å². The van der Waals surface area contributed by atoms with Crippen LogP contribution in [-0.2, 0) is 4.79 Å². The Bertz CT molecular complexity index is 1070. The van der Waals surface area contributed by atoms with Gasteiger partial charge in [-0.15, -0.1) is 0 Å². The van der Waals surface area contributed by atoms with E-state index in [-0.39, 0.29) is 11.9 Å². The standard InChI is InChI=1S/C25H23N3O2/c1-16(2)30-20-10-8-19(9-11-20)22-23(17(3)29)28-13-12-18-6-4-5-7-21(18)24(28)25(22,14-26)15-27/h4-13,16,22-24H,1-3H3/t22-,23-,24-/m0/s1. The molecule has 0 aliphatic carbocycles. The molecular formula is C25H23N3O2. The normalized spacial score (nSPS) is 23.3. The van der Waals surface area contributed by atoms with Gasteiger partial charge in [0.25, 0.3) is 0 Å². The van der Waals surface area contributed by atoms with Gasteiger partial charge in [0.05, 0.1) is 30.3 Å². The summed E-state index contributed by atoms with van der Waals surface area (Å²) in [5.74, 6) is 0.0661. The maximum Gasteiger partial charge on any atom is 0.177 e. The van der Waals surface area contributed by atoms with E-state index in [1.807, 2.05) is 79.6 Å². The van der Waals surface area contributed by atoms with Gasteiger partial charge in [-0.1, -0.05) is 36.4 Å². The Balaban J connectivity index is 1.89. The molecule has 0 bridgehead atoms. The molecule has 2 aliphatic rings. The maximum atomic E-state index is 12.8. The number of hydrogen-bond donors (Lipinski definition) is 0. The van der Waals surface area contributed by atoms with Crippen molar-refractivity contribution in [2.24, 2.45) is 5.41 Å². The van der Waals surface area contributed by atoms with E-state index >= 15 is 0 Å². The molecule has 3 atom stereocenters. The number of ketones is 1. The summed E-state index contributed by atoms with van der Waals surface area (Å²) in [6.45, 7) is 5.44. The molecule has 0 unspecified atom stereocenters. The van der Waals surface area contributed by atoms with E-state index in [0.29, 0.717) is 5.75 Å². The Morgan fingerprint density at radius 1 is 1.10 bits per heavy atom. The van der Waals surface area contributed by atoms with Crippen LogP contribution < -0.4 is 4.74 Å². The van der Waals surface area contributed by atoms with Crippen LogP contribution in [0.1, 0.15) is 49.4 Å². The van der Waals surface area contributed by atoms with Gasteiger partial charge in [0.2, 0.25) is 0 Å². The Morgan fingerprint density at radius 3 is 2.37 bits per heavy atom. The number of nitrogens with zero attached hydrogens (tertiary/aromatic N) is 3. The first-order valence-corrected chi connectivity index (χ1v) is 10.1. The maximum absolute atomic E-state index is 12.8. The molecule has 0 radical (unpaired) electrons. The average Bonchev–Trinajstić information content (AvgIpc) is 3.05. The second-order valence-corrected chi connectivity index (χ2v) is 8.16. The number of carbonyl (C=O) groups is 1. The molecule has 0 aromatic heterocycles. The minimum atomic E-state index is -1.41. The summed E-state index contributed by atoms with van der Waals surface area (Å²) in [6, 6.07) is 18.7. The third-order valence-corrected chi connectivity index (χ3v) is 5.97. The number of rotatable bonds is 4. The van der Waals surface area contributed by atoms with Crippen molar-refractivity contribution >= 4 is 11.9 Å². The zero-order chi connectivity index (χ0) is 21.5. The molecule has 5 nitrogen and oxygen atoms in total. The van der Waals surface area contributed by atoms with E-state index in [2.05, 4.69) is 12.1 Å². The molecule has 30 heavy (non-hydrogen) atoms. The van der Waals surface area contributed by atoms with Crippen LogP contribution in [-0.4, -0.2) is 22.8 Å². The van der Waals surface area contributed by atoms with Crippen LogP contribution in [0.25, 0.3) is 6.08 Å². The van der Waals surface area contributed by atoms with E-state index in [9.17, 15) is 15.3 Å². The lowest BCUT2D eigenvalue weighted by Gasteiger charge is -2.34. The van der Waals surface area contributed by atoms with Crippen LogP contribution in [0.5, 0.6) is 5.75 Å². The van der Waals surface area contributed by atoms with Crippen LogP contribution >= 0.6 is 0 Å². The van der Waals surface area contributed by atoms with Gasteiger partial charge in [0, 0.05) is 12.1 Å². The predicted octanol–water partition coefficient (Wildman–Crippen LogP) is 4.59. The van der Waals surface area contributed by atoms with Gasteiger partial charge in [0.15, 0.2) is 11.2 Å². The highest BCUT2D eigenvalue weighted by atomic mass is 16.5. The molecule has 150 valence electrons. The molecule has 1 saturated heterocycles. The lowest BCUT2D eigenvalue weighted by Crippen LogP contribution is -2.36. The second kappa shape index (κ2) is 7.35.